The fraction of sp³-hybridized carbons (Fsp3) is 0.238. The Kier molecular flexibility index (Phi) is 5.24. The quantitative estimate of drug-likeness (QED) is 0.665. The van der Waals surface area contributed by atoms with E-state index in [-0.39, 0.29) is 17.9 Å². The number of aromatic nitrogens is 3. The Balaban J connectivity index is 1.32. The van der Waals surface area contributed by atoms with Crippen molar-refractivity contribution in [3.05, 3.63) is 77.2 Å². The molecule has 0 aliphatic carbocycles. The molecule has 3 heterocycles. The van der Waals surface area contributed by atoms with Gasteiger partial charge in [0.15, 0.2) is 0 Å². The number of pyridine rings is 1. The molecule has 29 heavy (non-hydrogen) atoms. The minimum atomic E-state index is -0.208. The number of methoxy groups -OCH3 is 1. The van der Waals surface area contributed by atoms with Crippen LogP contribution in [0.1, 0.15) is 32.1 Å². The van der Waals surface area contributed by atoms with Gasteiger partial charge in [0.25, 0.3) is 11.8 Å². The van der Waals surface area contributed by atoms with Gasteiger partial charge in [-0.3, -0.25) is 14.3 Å². The minimum Gasteiger partial charge on any atom is -0.481 e. The van der Waals surface area contributed by atoms with Crippen molar-refractivity contribution in [3.8, 4) is 5.88 Å². The standard InChI is InChI=1S/C21H21N5O3/c1-29-19-8-7-15(12-22-19)20(27)24-16-9-17-10-18(25-26(17)13-16)21(28)23-11-14-5-3-2-4-6-14/h2-8,10,12,16H,9,11,13H2,1H3,(H,23,28)(H,24,27)/t16-/m0/s1. The predicted molar refractivity (Wildman–Crippen MR) is 106 cm³/mol. The number of amides is 2. The van der Waals surface area contributed by atoms with Crippen LogP contribution in [0.4, 0.5) is 0 Å². The molecule has 0 bridgehead atoms. The molecule has 1 aliphatic rings. The highest BCUT2D eigenvalue weighted by Crippen LogP contribution is 2.17. The van der Waals surface area contributed by atoms with Crippen molar-refractivity contribution in [2.24, 2.45) is 0 Å². The van der Waals surface area contributed by atoms with Crippen molar-refractivity contribution in [2.45, 2.75) is 25.6 Å². The van der Waals surface area contributed by atoms with Crippen LogP contribution < -0.4 is 15.4 Å². The van der Waals surface area contributed by atoms with Gasteiger partial charge in [-0.25, -0.2) is 4.98 Å². The van der Waals surface area contributed by atoms with Gasteiger partial charge >= 0.3 is 0 Å². The van der Waals surface area contributed by atoms with Gasteiger partial charge in [-0.2, -0.15) is 5.10 Å². The van der Waals surface area contributed by atoms with Gasteiger partial charge in [-0.05, 0) is 17.7 Å². The normalized spacial score (nSPS) is 14.9. The van der Waals surface area contributed by atoms with Gasteiger partial charge in [-0.1, -0.05) is 30.3 Å². The van der Waals surface area contributed by atoms with E-state index in [1.54, 1.807) is 22.9 Å². The van der Waals surface area contributed by atoms with Crippen LogP contribution in [-0.2, 0) is 19.5 Å². The lowest BCUT2D eigenvalue weighted by molar-refractivity contribution is 0.0927. The monoisotopic (exact) mass is 391 g/mol. The Morgan fingerprint density at radius 3 is 2.69 bits per heavy atom. The fourth-order valence-corrected chi connectivity index (χ4v) is 3.28. The van der Waals surface area contributed by atoms with Gasteiger partial charge in [0.2, 0.25) is 5.88 Å². The van der Waals surface area contributed by atoms with E-state index < -0.39 is 0 Å². The third kappa shape index (κ3) is 4.26. The van der Waals surface area contributed by atoms with Crippen LogP contribution in [0.5, 0.6) is 5.88 Å². The summed E-state index contributed by atoms with van der Waals surface area (Å²) in [6.07, 6.45) is 2.10. The Morgan fingerprint density at radius 2 is 2.00 bits per heavy atom. The highest BCUT2D eigenvalue weighted by atomic mass is 16.5. The van der Waals surface area contributed by atoms with Crippen LogP contribution in [0.3, 0.4) is 0 Å². The Bertz CT molecular complexity index is 991. The van der Waals surface area contributed by atoms with E-state index in [4.69, 9.17) is 4.74 Å². The summed E-state index contributed by atoms with van der Waals surface area (Å²) in [5.41, 5.74) is 2.81. The summed E-state index contributed by atoms with van der Waals surface area (Å²) >= 11 is 0. The molecule has 148 valence electrons. The fourth-order valence-electron chi connectivity index (χ4n) is 3.28. The molecule has 4 rings (SSSR count). The number of rotatable bonds is 6. The van der Waals surface area contributed by atoms with Crippen molar-refractivity contribution in [1.82, 2.24) is 25.4 Å². The minimum absolute atomic E-state index is 0.0754. The van der Waals surface area contributed by atoms with Gasteiger partial charge in [0, 0.05) is 30.9 Å². The Hall–Kier alpha value is -3.68. The molecule has 3 aromatic rings. The molecule has 0 saturated carbocycles. The number of benzene rings is 1. The van der Waals surface area contributed by atoms with Crippen LogP contribution in [-0.4, -0.2) is 39.7 Å². The van der Waals surface area contributed by atoms with Crippen LogP contribution in [0.2, 0.25) is 0 Å². The maximum atomic E-state index is 12.4. The lowest BCUT2D eigenvalue weighted by Crippen LogP contribution is -2.36. The molecule has 2 N–H and O–H groups in total. The average Bonchev–Trinajstić information content (AvgIpc) is 3.31. The maximum absolute atomic E-state index is 12.4. The second kappa shape index (κ2) is 8.14. The molecule has 0 fully saturated rings. The largest absolute Gasteiger partial charge is 0.481 e. The zero-order valence-electron chi connectivity index (χ0n) is 16.0. The number of carbonyl (C=O) groups excluding carboxylic acids is 2. The molecular formula is C21H21N5O3. The van der Waals surface area contributed by atoms with E-state index in [0.717, 1.165) is 11.3 Å². The smallest absolute Gasteiger partial charge is 0.272 e. The number of fused-ring (bicyclic) bond motifs is 1. The number of hydrogen-bond acceptors (Lipinski definition) is 5. The summed E-state index contributed by atoms with van der Waals surface area (Å²) in [7, 11) is 1.53. The van der Waals surface area contributed by atoms with Gasteiger partial charge < -0.3 is 15.4 Å². The zero-order chi connectivity index (χ0) is 20.2. The molecule has 2 amide bonds. The van der Waals surface area contributed by atoms with Crippen molar-refractivity contribution in [2.75, 3.05) is 7.11 Å². The molecule has 2 aromatic heterocycles. The number of ether oxygens (including phenoxy) is 1. The highest BCUT2D eigenvalue weighted by Gasteiger charge is 2.26. The van der Waals surface area contributed by atoms with E-state index >= 15 is 0 Å². The van der Waals surface area contributed by atoms with Crippen molar-refractivity contribution >= 4 is 11.8 Å². The first kappa shape index (κ1) is 18.7. The van der Waals surface area contributed by atoms with Crippen molar-refractivity contribution < 1.29 is 14.3 Å². The van der Waals surface area contributed by atoms with Crippen LogP contribution >= 0.6 is 0 Å². The summed E-state index contributed by atoms with van der Waals surface area (Å²) in [4.78, 5) is 28.8. The van der Waals surface area contributed by atoms with Crippen LogP contribution in [0, 0.1) is 0 Å². The molecule has 0 spiro atoms. The molecular weight excluding hydrogens is 370 g/mol. The van der Waals surface area contributed by atoms with E-state index in [0.29, 0.717) is 36.6 Å². The summed E-state index contributed by atoms with van der Waals surface area (Å²) in [5, 5.41) is 10.2. The van der Waals surface area contributed by atoms with E-state index in [9.17, 15) is 9.59 Å². The molecule has 0 radical (unpaired) electrons. The van der Waals surface area contributed by atoms with Crippen LogP contribution in [0.25, 0.3) is 0 Å². The Labute approximate surface area is 167 Å². The summed E-state index contributed by atoms with van der Waals surface area (Å²) in [5.74, 6) is 0.0537. The zero-order valence-corrected chi connectivity index (χ0v) is 16.0. The van der Waals surface area contributed by atoms with Crippen molar-refractivity contribution in [1.29, 1.82) is 0 Å². The van der Waals surface area contributed by atoms with Gasteiger partial charge in [0.05, 0.1) is 25.3 Å². The predicted octanol–water partition coefficient (Wildman–Crippen LogP) is 1.57. The van der Waals surface area contributed by atoms with Crippen molar-refractivity contribution in [3.63, 3.8) is 0 Å². The first-order valence-electron chi connectivity index (χ1n) is 9.32. The SMILES string of the molecule is COc1ccc(C(=O)N[C@H]2Cc3cc(C(=O)NCc4ccccc4)nn3C2)cn1. The topological polar surface area (TPSA) is 98.1 Å². The second-order valence-corrected chi connectivity index (χ2v) is 6.84. The lowest BCUT2D eigenvalue weighted by atomic mass is 10.1. The van der Waals surface area contributed by atoms with Gasteiger partial charge in [0.1, 0.15) is 5.69 Å². The Morgan fingerprint density at radius 1 is 1.17 bits per heavy atom. The molecule has 8 heteroatoms. The molecule has 1 aliphatic heterocycles. The number of hydrogen-bond donors (Lipinski definition) is 2. The average molecular weight is 391 g/mol. The first-order chi connectivity index (χ1) is 14.1. The molecule has 0 unspecified atom stereocenters. The molecule has 0 saturated heterocycles. The molecule has 8 nitrogen and oxygen atoms in total. The third-order valence-electron chi connectivity index (χ3n) is 4.78. The number of carbonyl (C=O) groups is 2. The highest BCUT2D eigenvalue weighted by molar-refractivity contribution is 5.94. The summed E-state index contributed by atoms with van der Waals surface area (Å²) in [6.45, 7) is 0.979. The van der Waals surface area contributed by atoms with E-state index in [1.165, 1.54) is 13.3 Å². The molecule has 1 atom stereocenters. The summed E-state index contributed by atoms with van der Waals surface area (Å²) < 4.78 is 6.77. The van der Waals surface area contributed by atoms with Crippen LogP contribution in [0.15, 0.2) is 54.7 Å². The second-order valence-electron chi connectivity index (χ2n) is 6.84. The number of nitrogens with one attached hydrogen (secondary N) is 2. The lowest BCUT2D eigenvalue weighted by Gasteiger charge is -2.12. The molecule has 1 aromatic carbocycles. The number of nitrogens with zero attached hydrogens (tertiary/aromatic N) is 3. The van der Waals surface area contributed by atoms with E-state index in [1.807, 2.05) is 30.3 Å². The first-order valence-corrected chi connectivity index (χ1v) is 9.32. The maximum Gasteiger partial charge on any atom is 0.272 e. The summed E-state index contributed by atoms with van der Waals surface area (Å²) in [6, 6.07) is 14.7. The third-order valence-corrected chi connectivity index (χ3v) is 4.78. The van der Waals surface area contributed by atoms with Gasteiger partial charge in [-0.15, -0.1) is 0 Å². The van der Waals surface area contributed by atoms with E-state index in [2.05, 4.69) is 20.7 Å².